The number of rotatable bonds is 3. The Morgan fingerprint density at radius 3 is 2.96 bits per heavy atom. The summed E-state index contributed by atoms with van der Waals surface area (Å²) >= 11 is 0. The molecule has 1 fully saturated rings. The molecule has 0 unspecified atom stereocenters. The van der Waals surface area contributed by atoms with Crippen molar-refractivity contribution in [3.05, 3.63) is 48.7 Å². The summed E-state index contributed by atoms with van der Waals surface area (Å²) in [6.07, 6.45) is 7.52. The molecule has 0 aromatic carbocycles. The molecular formula is C17H17N5O2. The van der Waals surface area contributed by atoms with Crippen molar-refractivity contribution >= 4 is 17.1 Å². The number of imidazole rings is 1. The van der Waals surface area contributed by atoms with Gasteiger partial charge in [0.25, 0.3) is 5.91 Å². The normalized spacial score (nSPS) is 17.4. The molecule has 0 spiro atoms. The molecule has 1 aliphatic rings. The molecule has 0 bridgehead atoms. The number of pyridine rings is 2. The van der Waals surface area contributed by atoms with Crippen LogP contribution in [0.1, 0.15) is 16.8 Å². The van der Waals surface area contributed by atoms with Gasteiger partial charge in [0, 0.05) is 38.6 Å². The van der Waals surface area contributed by atoms with E-state index >= 15 is 0 Å². The number of carbonyl (C=O) groups excluding carboxylic acids is 1. The molecule has 3 aromatic rings. The highest BCUT2D eigenvalue weighted by molar-refractivity contribution is 5.96. The van der Waals surface area contributed by atoms with Crippen LogP contribution >= 0.6 is 0 Å². The third kappa shape index (κ3) is 2.68. The molecule has 4 rings (SSSR count). The van der Waals surface area contributed by atoms with E-state index in [1.165, 1.54) is 0 Å². The zero-order valence-corrected chi connectivity index (χ0v) is 13.3. The highest BCUT2D eigenvalue weighted by atomic mass is 16.5. The molecule has 0 N–H and O–H groups in total. The number of hydrogen-bond acceptors (Lipinski definition) is 5. The van der Waals surface area contributed by atoms with Crippen LogP contribution in [0.2, 0.25) is 0 Å². The zero-order chi connectivity index (χ0) is 16.5. The SMILES string of the molecule is Cn1cnc2cc(C(=O)N3CC[C@@H](Oc4ccncc4)C3)cnc21. The number of amides is 1. The molecule has 7 heteroatoms. The van der Waals surface area contributed by atoms with Crippen LogP contribution in [0.25, 0.3) is 11.2 Å². The summed E-state index contributed by atoms with van der Waals surface area (Å²) in [5.74, 6) is 0.747. The zero-order valence-electron chi connectivity index (χ0n) is 13.3. The van der Waals surface area contributed by atoms with Crippen molar-refractivity contribution in [1.29, 1.82) is 0 Å². The second kappa shape index (κ2) is 5.92. The first-order chi connectivity index (χ1) is 11.7. The molecule has 4 heterocycles. The van der Waals surface area contributed by atoms with Gasteiger partial charge in [-0.1, -0.05) is 0 Å². The quantitative estimate of drug-likeness (QED) is 0.733. The number of nitrogens with zero attached hydrogens (tertiary/aromatic N) is 5. The Hall–Kier alpha value is -2.96. The van der Waals surface area contributed by atoms with E-state index in [2.05, 4.69) is 15.0 Å². The van der Waals surface area contributed by atoms with Gasteiger partial charge in [0.1, 0.15) is 17.4 Å². The lowest BCUT2D eigenvalue weighted by molar-refractivity contribution is 0.0772. The molecule has 0 aliphatic carbocycles. The average molecular weight is 323 g/mol. The molecule has 1 aliphatic heterocycles. The van der Waals surface area contributed by atoms with E-state index < -0.39 is 0 Å². The Balaban J connectivity index is 1.46. The van der Waals surface area contributed by atoms with Crippen molar-refractivity contribution in [2.45, 2.75) is 12.5 Å². The van der Waals surface area contributed by atoms with E-state index in [0.29, 0.717) is 18.7 Å². The highest BCUT2D eigenvalue weighted by Crippen LogP contribution is 2.20. The Morgan fingerprint density at radius 2 is 2.12 bits per heavy atom. The summed E-state index contributed by atoms with van der Waals surface area (Å²) in [6, 6.07) is 5.44. The number of hydrogen-bond donors (Lipinski definition) is 0. The number of carbonyl (C=O) groups is 1. The van der Waals surface area contributed by atoms with E-state index in [-0.39, 0.29) is 12.0 Å². The van der Waals surface area contributed by atoms with Crippen LogP contribution < -0.4 is 4.74 Å². The van der Waals surface area contributed by atoms with Crippen LogP contribution in [-0.2, 0) is 7.05 Å². The van der Waals surface area contributed by atoms with E-state index in [1.54, 1.807) is 35.9 Å². The summed E-state index contributed by atoms with van der Waals surface area (Å²) in [5, 5.41) is 0. The minimum atomic E-state index is -0.0316. The van der Waals surface area contributed by atoms with E-state index in [4.69, 9.17) is 4.74 Å². The van der Waals surface area contributed by atoms with E-state index in [1.807, 2.05) is 23.7 Å². The average Bonchev–Trinajstić information content (AvgIpc) is 3.22. The lowest BCUT2D eigenvalue weighted by Gasteiger charge is -2.17. The Morgan fingerprint density at radius 1 is 1.29 bits per heavy atom. The van der Waals surface area contributed by atoms with Gasteiger partial charge in [-0.3, -0.25) is 9.78 Å². The highest BCUT2D eigenvalue weighted by Gasteiger charge is 2.28. The number of likely N-dealkylation sites (tertiary alicyclic amines) is 1. The Labute approximate surface area is 138 Å². The Bertz CT molecular complexity index is 877. The fourth-order valence-electron chi connectivity index (χ4n) is 2.93. The third-order valence-corrected chi connectivity index (χ3v) is 4.18. The summed E-state index contributed by atoms with van der Waals surface area (Å²) in [6.45, 7) is 1.25. The molecule has 1 saturated heterocycles. The number of ether oxygens (including phenoxy) is 1. The van der Waals surface area contributed by atoms with Crippen LogP contribution in [0.5, 0.6) is 5.75 Å². The van der Waals surface area contributed by atoms with Crippen LogP contribution in [0.3, 0.4) is 0 Å². The molecule has 0 radical (unpaired) electrons. The van der Waals surface area contributed by atoms with Gasteiger partial charge in [0.15, 0.2) is 5.65 Å². The standard InChI is InChI=1S/C17H17N5O2/c1-21-11-20-15-8-12(9-19-16(15)21)17(23)22-7-4-14(10-22)24-13-2-5-18-6-3-13/h2-3,5-6,8-9,11,14H,4,7,10H2,1H3/t14-/m1/s1. The summed E-state index contributed by atoms with van der Waals surface area (Å²) in [4.78, 5) is 27.0. The number of aryl methyl sites for hydroxylation is 1. The smallest absolute Gasteiger partial charge is 0.255 e. The minimum absolute atomic E-state index is 0.00268. The lowest BCUT2D eigenvalue weighted by Crippen LogP contribution is -2.31. The second-order valence-electron chi connectivity index (χ2n) is 5.88. The van der Waals surface area contributed by atoms with Crippen molar-refractivity contribution in [1.82, 2.24) is 24.4 Å². The molecule has 122 valence electrons. The molecule has 7 nitrogen and oxygen atoms in total. The first-order valence-electron chi connectivity index (χ1n) is 7.84. The minimum Gasteiger partial charge on any atom is -0.488 e. The molecule has 1 amide bonds. The first kappa shape index (κ1) is 14.6. The van der Waals surface area contributed by atoms with E-state index in [9.17, 15) is 4.79 Å². The van der Waals surface area contributed by atoms with Crippen LogP contribution in [0, 0.1) is 0 Å². The number of aromatic nitrogens is 4. The summed E-state index contributed by atoms with van der Waals surface area (Å²) in [7, 11) is 1.88. The van der Waals surface area contributed by atoms with Crippen molar-refractivity contribution in [2.75, 3.05) is 13.1 Å². The summed E-state index contributed by atoms with van der Waals surface area (Å²) < 4.78 is 7.73. The van der Waals surface area contributed by atoms with Gasteiger partial charge >= 0.3 is 0 Å². The third-order valence-electron chi connectivity index (χ3n) is 4.18. The second-order valence-corrected chi connectivity index (χ2v) is 5.88. The van der Waals surface area contributed by atoms with Gasteiger partial charge in [-0.2, -0.15) is 0 Å². The van der Waals surface area contributed by atoms with Crippen LogP contribution in [0.15, 0.2) is 43.1 Å². The maximum Gasteiger partial charge on any atom is 0.255 e. The molecule has 24 heavy (non-hydrogen) atoms. The van der Waals surface area contributed by atoms with E-state index in [0.717, 1.165) is 23.3 Å². The van der Waals surface area contributed by atoms with Gasteiger partial charge in [0.2, 0.25) is 0 Å². The van der Waals surface area contributed by atoms with Crippen molar-refractivity contribution < 1.29 is 9.53 Å². The molecule has 0 saturated carbocycles. The predicted molar refractivity (Wildman–Crippen MR) is 87.7 cm³/mol. The van der Waals surface area contributed by atoms with Gasteiger partial charge < -0.3 is 14.2 Å². The van der Waals surface area contributed by atoms with Gasteiger partial charge in [-0.25, -0.2) is 9.97 Å². The largest absolute Gasteiger partial charge is 0.488 e. The monoisotopic (exact) mass is 323 g/mol. The van der Waals surface area contributed by atoms with Crippen molar-refractivity contribution in [3.8, 4) is 5.75 Å². The molecular weight excluding hydrogens is 306 g/mol. The fourth-order valence-corrected chi connectivity index (χ4v) is 2.93. The predicted octanol–water partition coefficient (Wildman–Crippen LogP) is 1.66. The maximum absolute atomic E-state index is 12.7. The molecule has 1 atom stereocenters. The first-order valence-corrected chi connectivity index (χ1v) is 7.84. The fraction of sp³-hybridized carbons (Fsp3) is 0.294. The lowest BCUT2D eigenvalue weighted by atomic mass is 10.2. The number of fused-ring (bicyclic) bond motifs is 1. The van der Waals surface area contributed by atoms with Crippen molar-refractivity contribution in [2.24, 2.45) is 7.05 Å². The molecule has 3 aromatic heterocycles. The van der Waals surface area contributed by atoms with Gasteiger partial charge in [-0.15, -0.1) is 0 Å². The van der Waals surface area contributed by atoms with Crippen LogP contribution in [-0.4, -0.2) is 49.5 Å². The maximum atomic E-state index is 12.7. The summed E-state index contributed by atoms with van der Waals surface area (Å²) in [5.41, 5.74) is 2.06. The van der Waals surface area contributed by atoms with Crippen LogP contribution in [0.4, 0.5) is 0 Å². The van der Waals surface area contributed by atoms with Gasteiger partial charge in [0.05, 0.1) is 18.4 Å². The van der Waals surface area contributed by atoms with Gasteiger partial charge in [-0.05, 0) is 18.2 Å². The Kier molecular flexibility index (Phi) is 3.60. The van der Waals surface area contributed by atoms with Crippen molar-refractivity contribution in [3.63, 3.8) is 0 Å². The topological polar surface area (TPSA) is 73.1 Å².